The third-order valence-electron chi connectivity index (χ3n) is 1.28. The Morgan fingerprint density at radius 1 is 0.577 bits per heavy atom. The Morgan fingerprint density at radius 2 is 0.692 bits per heavy atom. The predicted octanol–water partition coefficient (Wildman–Crippen LogP) is 0.470. The topological polar surface area (TPSA) is 236 Å². The van der Waals surface area contributed by atoms with Gasteiger partial charge in [-0.3, -0.25) is 0 Å². The van der Waals surface area contributed by atoms with E-state index in [1.54, 1.807) is 0 Å². The van der Waals surface area contributed by atoms with E-state index < -0.39 is 24.3 Å². The SMILES string of the molecule is CCO[Si](OCC)(OCC)OCC.O=[N+]([O-])[O-].O=[N+]([O-])[O-].O=[N+]([O-])[O-].[Al+3]. The quantitative estimate of drug-likeness (QED) is 0.294. The summed E-state index contributed by atoms with van der Waals surface area (Å²) in [7, 11) is -2.80. The normalized spacial score (nSPS) is 8.77. The minimum absolute atomic E-state index is 0. The van der Waals surface area contributed by atoms with E-state index in [0.717, 1.165) is 0 Å². The first-order valence-electron chi connectivity index (χ1n) is 6.44. The van der Waals surface area contributed by atoms with Crippen LogP contribution in [0.3, 0.4) is 0 Å². The van der Waals surface area contributed by atoms with Crippen molar-refractivity contribution < 1.29 is 33.0 Å². The fraction of sp³-hybridized carbons (Fsp3) is 1.00. The molecule has 0 amide bonds. The molecule has 18 heteroatoms. The second-order valence-corrected chi connectivity index (χ2v) is 5.06. The average molecular weight is 421 g/mol. The maximum atomic E-state index is 8.25. The van der Waals surface area contributed by atoms with Gasteiger partial charge in [0.2, 0.25) is 0 Å². The van der Waals surface area contributed by atoms with E-state index in [1.165, 1.54) is 0 Å². The molecule has 0 atom stereocenters. The number of hydrogen-bond acceptors (Lipinski definition) is 13. The average Bonchev–Trinajstić information content (AvgIpc) is 2.37. The van der Waals surface area contributed by atoms with Crippen molar-refractivity contribution in [2.45, 2.75) is 27.7 Å². The smallest absolute Gasteiger partial charge is 0.356 e. The van der Waals surface area contributed by atoms with Crippen molar-refractivity contribution in [3.05, 3.63) is 46.0 Å². The molecule has 0 heterocycles. The van der Waals surface area contributed by atoms with Gasteiger partial charge in [-0.2, -0.15) is 0 Å². The maximum absolute atomic E-state index is 8.25. The second kappa shape index (κ2) is 25.4. The second-order valence-electron chi connectivity index (χ2n) is 2.90. The molecule has 0 N–H and O–H groups in total. The van der Waals surface area contributed by atoms with Crippen molar-refractivity contribution >= 4 is 26.4 Å². The minimum atomic E-state index is -2.80. The van der Waals surface area contributed by atoms with Gasteiger partial charge >= 0.3 is 26.4 Å². The van der Waals surface area contributed by atoms with Gasteiger partial charge < -0.3 is 63.7 Å². The van der Waals surface area contributed by atoms with Gasteiger partial charge in [-0.05, 0) is 27.7 Å². The summed E-state index contributed by atoms with van der Waals surface area (Å²) >= 11 is 0. The molecule has 0 aromatic rings. The fourth-order valence-electron chi connectivity index (χ4n) is 0.957. The van der Waals surface area contributed by atoms with Gasteiger partial charge in [0.05, 0.1) is 15.3 Å². The van der Waals surface area contributed by atoms with E-state index >= 15 is 0 Å². The molecule has 0 aromatic carbocycles. The van der Waals surface area contributed by atoms with Crippen LogP contribution in [0.1, 0.15) is 27.7 Å². The number of hydrogen-bond donors (Lipinski definition) is 0. The zero-order valence-electron chi connectivity index (χ0n) is 14.6. The van der Waals surface area contributed by atoms with Crippen LogP contribution in [0.15, 0.2) is 0 Å². The zero-order valence-corrected chi connectivity index (χ0v) is 16.7. The number of rotatable bonds is 8. The molecule has 0 aliphatic rings. The van der Waals surface area contributed by atoms with Gasteiger partial charge in [0.15, 0.2) is 0 Å². The standard InChI is InChI=1S/C8H20O4Si.Al.3NO3/c1-5-9-13(10-6-2,11-7-3)12-8-4;;3*2-1(3)4/h5-8H2,1-4H3;;;;/q;+3;3*-1. The van der Waals surface area contributed by atoms with E-state index in [4.69, 9.17) is 63.7 Å². The van der Waals surface area contributed by atoms with Crippen molar-refractivity contribution in [2.24, 2.45) is 0 Å². The predicted molar refractivity (Wildman–Crippen MR) is 89.1 cm³/mol. The van der Waals surface area contributed by atoms with Crippen LogP contribution in [0.5, 0.6) is 0 Å². The molecule has 0 rings (SSSR count). The molecule has 0 saturated heterocycles. The fourth-order valence-corrected chi connectivity index (χ4v) is 2.87. The van der Waals surface area contributed by atoms with Crippen molar-refractivity contribution in [2.75, 3.05) is 26.4 Å². The van der Waals surface area contributed by atoms with Crippen LogP contribution < -0.4 is 0 Å². The van der Waals surface area contributed by atoms with Crippen LogP contribution in [0.25, 0.3) is 0 Å². The Bertz CT molecular complexity index is 281. The first-order valence-corrected chi connectivity index (χ1v) is 8.08. The van der Waals surface area contributed by atoms with Crippen LogP contribution in [0, 0.1) is 46.0 Å². The molecule has 16 nitrogen and oxygen atoms in total. The first-order chi connectivity index (χ1) is 11.4. The van der Waals surface area contributed by atoms with Crippen LogP contribution in [-0.4, -0.2) is 68.1 Å². The zero-order chi connectivity index (χ0) is 20.9. The van der Waals surface area contributed by atoms with E-state index in [-0.39, 0.29) is 17.4 Å². The molecule has 0 spiro atoms. The van der Waals surface area contributed by atoms with Gasteiger partial charge in [-0.1, -0.05) is 0 Å². The number of nitrogens with zero attached hydrogens (tertiary/aromatic N) is 3. The molecular formula is C8H20AlN3O13Si. The van der Waals surface area contributed by atoms with Gasteiger partial charge in [0, 0.05) is 26.4 Å². The molecule has 0 aliphatic carbocycles. The third-order valence-corrected chi connectivity index (χ3v) is 3.85. The molecule has 0 bridgehead atoms. The Hall–Kier alpha value is -1.81. The van der Waals surface area contributed by atoms with E-state index in [9.17, 15) is 0 Å². The van der Waals surface area contributed by atoms with Crippen molar-refractivity contribution in [3.63, 3.8) is 0 Å². The summed E-state index contributed by atoms with van der Waals surface area (Å²) in [5, 5.41) is 44.2. The summed E-state index contributed by atoms with van der Waals surface area (Å²) in [6.45, 7) is 9.80. The van der Waals surface area contributed by atoms with E-state index in [2.05, 4.69) is 0 Å². The first kappa shape index (κ1) is 35.3. The maximum Gasteiger partial charge on any atom is 3.00 e. The van der Waals surface area contributed by atoms with Gasteiger partial charge in [0.25, 0.3) is 0 Å². The van der Waals surface area contributed by atoms with Gasteiger partial charge in [-0.15, -0.1) is 0 Å². The summed E-state index contributed by atoms with van der Waals surface area (Å²) in [5.41, 5.74) is 0. The minimum Gasteiger partial charge on any atom is -0.356 e. The van der Waals surface area contributed by atoms with Crippen LogP contribution in [-0.2, 0) is 17.7 Å². The van der Waals surface area contributed by atoms with Gasteiger partial charge in [0.1, 0.15) is 0 Å². The van der Waals surface area contributed by atoms with Crippen molar-refractivity contribution in [1.82, 2.24) is 0 Å². The van der Waals surface area contributed by atoms with Gasteiger partial charge in [-0.25, -0.2) is 0 Å². The summed E-state index contributed by atoms with van der Waals surface area (Å²) < 4.78 is 21.7. The largest absolute Gasteiger partial charge is 3.00 e. The molecule has 0 aliphatic heterocycles. The monoisotopic (exact) mass is 421 g/mol. The molecule has 0 radical (unpaired) electrons. The van der Waals surface area contributed by atoms with Crippen LogP contribution >= 0.6 is 0 Å². The van der Waals surface area contributed by atoms with Crippen LogP contribution in [0.2, 0.25) is 0 Å². The van der Waals surface area contributed by atoms with Crippen molar-refractivity contribution in [3.8, 4) is 0 Å². The summed E-state index contributed by atoms with van der Waals surface area (Å²) in [6, 6.07) is 0. The molecule has 0 aromatic heterocycles. The van der Waals surface area contributed by atoms with E-state index in [1.807, 2.05) is 27.7 Å². The van der Waals surface area contributed by atoms with Crippen molar-refractivity contribution in [1.29, 1.82) is 0 Å². The molecule has 26 heavy (non-hydrogen) atoms. The Balaban J connectivity index is -0.0000000933. The summed E-state index contributed by atoms with van der Waals surface area (Å²) in [5.74, 6) is 0. The molecule has 0 fully saturated rings. The molecule has 0 unspecified atom stereocenters. The Kier molecular flexibility index (Phi) is 34.6. The Labute approximate surface area is 160 Å². The summed E-state index contributed by atoms with van der Waals surface area (Å²) in [4.78, 5) is 24.8. The molecule has 152 valence electrons. The van der Waals surface area contributed by atoms with Crippen LogP contribution in [0.4, 0.5) is 0 Å². The Morgan fingerprint density at radius 3 is 0.769 bits per heavy atom. The summed E-state index contributed by atoms with van der Waals surface area (Å²) in [6.07, 6.45) is 0. The van der Waals surface area contributed by atoms with E-state index in [0.29, 0.717) is 26.4 Å². The third kappa shape index (κ3) is 49.5. The molecule has 0 saturated carbocycles. The molecular weight excluding hydrogens is 401 g/mol.